The van der Waals surface area contributed by atoms with Crippen LogP contribution in [0.25, 0.3) is 0 Å². The van der Waals surface area contributed by atoms with Gasteiger partial charge in [-0.05, 0) is 36.8 Å². The fourth-order valence-electron chi connectivity index (χ4n) is 1.67. The molecule has 2 aliphatic carbocycles. The second-order valence-corrected chi connectivity index (χ2v) is 5.09. The minimum atomic E-state index is -0.687. The molecule has 0 saturated heterocycles. The van der Waals surface area contributed by atoms with Crippen molar-refractivity contribution in [1.29, 1.82) is 0 Å². The molecule has 1 unspecified atom stereocenters. The highest BCUT2D eigenvalue weighted by Gasteiger charge is 2.11. The highest BCUT2D eigenvalue weighted by atomic mass is 35.5. The number of aliphatic hydroxyl groups excluding tert-OH is 1. The van der Waals surface area contributed by atoms with Gasteiger partial charge in [-0.15, -0.1) is 11.6 Å². The molecular weight excluding hydrogens is 298 g/mol. The Balaban J connectivity index is 0.000000232. The van der Waals surface area contributed by atoms with E-state index >= 15 is 0 Å². The monoisotopic (exact) mass is 312 g/mol. The lowest BCUT2D eigenvalue weighted by Crippen LogP contribution is -1.98. The van der Waals surface area contributed by atoms with Gasteiger partial charge < -0.3 is 9.84 Å². The minimum Gasteiger partial charge on any atom is -0.454 e. The third-order valence-electron chi connectivity index (χ3n) is 2.93. The molecule has 0 heterocycles. The van der Waals surface area contributed by atoms with Crippen LogP contribution in [0.4, 0.5) is 8.78 Å². The molecule has 2 aliphatic rings. The number of aliphatic hydroxyl groups is 1. The summed E-state index contributed by atoms with van der Waals surface area (Å²) < 4.78 is 31.1. The Hall–Kier alpha value is -1.65. The Bertz CT molecular complexity index is 717. The molecule has 3 rings (SSSR count). The average molecular weight is 313 g/mol. The summed E-state index contributed by atoms with van der Waals surface area (Å²) in [5.41, 5.74) is 0. The Morgan fingerprint density at radius 3 is 2.29 bits per heavy atom. The third-order valence-corrected chi connectivity index (χ3v) is 3.15. The molecular formula is C16H15ClF2O2. The summed E-state index contributed by atoms with van der Waals surface area (Å²) >= 11 is 5.24. The van der Waals surface area contributed by atoms with E-state index < -0.39 is 11.6 Å². The molecule has 1 N–H and O–H groups in total. The van der Waals surface area contributed by atoms with E-state index in [0.717, 1.165) is 16.5 Å². The molecule has 0 spiro atoms. The van der Waals surface area contributed by atoms with Crippen LogP contribution in [-0.4, -0.2) is 17.1 Å². The first-order valence-corrected chi connectivity index (χ1v) is 7.06. The zero-order chi connectivity index (χ0) is 15.4. The van der Waals surface area contributed by atoms with Gasteiger partial charge in [-0.3, -0.25) is 0 Å². The SMILES string of the molecule is CC(O)CCCl.Fc1ccc(Oc2cc3ccc2=3)c(F)c1. The van der Waals surface area contributed by atoms with E-state index in [1.54, 1.807) is 6.92 Å². The molecule has 5 heteroatoms. The van der Waals surface area contributed by atoms with Crippen molar-refractivity contribution >= 4 is 11.6 Å². The summed E-state index contributed by atoms with van der Waals surface area (Å²) in [4.78, 5) is 0. The maximum Gasteiger partial charge on any atom is 0.168 e. The first-order valence-electron chi connectivity index (χ1n) is 6.52. The van der Waals surface area contributed by atoms with E-state index in [4.69, 9.17) is 21.4 Å². The average Bonchev–Trinajstić information content (AvgIpc) is 2.38. The number of hydrogen-bond donors (Lipinski definition) is 1. The number of benzene rings is 2. The fraction of sp³-hybridized carbons (Fsp3) is 0.250. The van der Waals surface area contributed by atoms with Crippen LogP contribution in [-0.2, 0) is 0 Å². The van der Waals surface area contributed by atoms with Crippen LogP contribution < -0.4 is 4.74 Å². The number of halogens is 3. The molecule has 1 aromatic carbocycles. The Morgan fingerprint density at radius 2 is 1.90 bits per heavy atom. The summed E-state index contributed by atoms with van der Waals surface area (Å²) in [6.07, 6.45) is 0.462. The number of ether oxygens (including phenoxy) is 1. The van der Waals surface area contributed by atoms with Crippen molar-refractivity contribution in [3.63, 3.8) is 0 Å². The summed E-state index contributed by atoms with van der Waals surface area (Å²) in [5.74, 6) is -0.0517. The van der Waals surface area contributed by atoms with Gasteiger partial charge in [0.1, 0.15) is 11.6 Å². The first-order chi connectivity index (χ1) is 10.0. The molecule has 0 radical (unpaired) electrons. The van der Waals surface area contributed by atoms with Crippen LogP contribution >= 0.6 is 11.6 Å². The zero-order valence-corrected chi connectivity index (χ0v) is 12.2. The van der Waals surface area contributed by atoms with Crippen molar-refractivity contribution < 1.29 is 18.6 Å². The molecule has 112 valence electrons. The third kappa shape index (κ3) is 3.93. The lowest BCUT2D eigenvalue weighted by atomic mass is 10.1. The van der Waals surface area contributed by atoms with E-state index in [-0.39, 0.29) is 11.9 Å². The van der Waals surface area contributed by atoms with E-state index in [1.165, 1.54) is 12.1 Å². The van der Waals surface area contributed by atoms with Crippen molar-refractivity contribution in [3.05, 3.63) is 58.5 Å². The molecule has 1 aromatic rings. The minimum absolute atomic E-state index is 0.0505. The second kappa shape index (κ2) is 6.87. The molecule has 0 saturated carbocycles. The van der Waals surface area contributed by atoms with Gasteiger partial charge in [0.25, 0.3) is 0 Å². The van der Waals surface area contributed by atoms with Crippen molar-refractivity contribution in [2.24, 2.45) is 0 Å². The summed E-state index contributed by atoms with van der Waals surface area (Å²) in [7, 11) is 0. The molecule has 0 bridgehead atoms. The first kappa shape index (κ1) is 15.7. The van der Waals surface area contributed by atoms with Gasteiger partial charge >= 0.3 is 0 Å². The molecule has 21 heavy (non-hydrogen) atoms. The van der Waals surface area contributed by atoms with Gasteiger partial charge in [-0.2, -0.15) is 0 Å². The van der Waals surface area contributed by atoms with Gasteiger partial charge in [0.05, 0.1) is 6.10 Å². The topological polar surface area (TPSA) is 29.5 Å². The molecule has 0 aromatic heterocycles. The lowest BCUT2D eigenvalue weighted by molar-refractivity contribution is 0.192. The Morgan fingerprint density at radius 1 is 1.14 bits per heavy atom. The molecule has 0 aliphatic heterocycles. The number of rotatable bonds is 4. The largest absolute Gasteiger partial charge is 0.454 e. The summed E-state index contributed by atoms with van der Waals surface area (Å²) in [6, 6.07) is 8.92. The van der Waals surface area contributed by atoms with Crippen molar-refractivity contribution in [1.82, 2.24) is 0 Å². The van der Waals surface area contributed by atoms with Crippen molar-refractivity contribution in [3.8, 4) is 11.5 Å². The van der Waals surface area contributed by atoms with Gasteiger partial charge in [0.15, 0.2) is 11.6 Å². The molecule has 2 nitrogen and oxygen atoms in total. The maximum absolute atomic E-state index is 13.2. The summed E-state index contributed by atoms with van der Waals surface area (Å²) in [6.45, 7) is 1.72. The van der Waals surface area contributed by atoms with Crippen LogP contribution in [0.2, 0.25) is 0 Å². The van der Waals surface area contributed by atoms with Crippen LogP contribution in [0.5, 0.6) is 11.5 Å². The smallest absolute Gasteiger partial charge is 0.168 e. The zero-order valence-electron chi connectivity index (χ0n) is 11.4. The second-order valence-electron chi connectivity index (χ2n) is 4.71. The van der Waals surface area contributed by atoms with Gasteiger partial charge in [0.2, 0.25) is 0 Å². The van der Waals surface area contributed by atoms with E-state index in [0.29, 0.717) is 18.1 Å². The predicted molar refractivity (Wildman–Crippen MR) is 77.6 cm³/mol. The van der Waals surface area contributed by atoms with E-state index in [2.05, 4.69) is 0 Å². The van der Waals surface area contributed by atoms with Crippen LogP contribution in [0.1, 0.15) is 13.3 Å². The number of hydrogen-bond acceptors (Lipinski definition) is 2. The van der Waals surface area contributed by atoms with Crippen molar-refractivity contribution in [2.45, 2.75) is 19.4 Å². The van der Waals surface area contributed by atoms with Gasteiger partial charge in [-0.1, -0.05) is 12.1 Å². The van der Waals surface area contributed by atoms with Crippen LogP contribution in [0, 0.1) is 22.1 Å². The van der Waals surface area contributed by atoms with Gasteiger partial charge in [0, 0.05) is 17.2 Å². The Kier molecular flexibility index (Phi) is 5.15. The van der Waals surface area contributed by atoms with E-state index in [9.17, 15) is 8.78 Å². The van der Waals surface area contributed by atoms with Crippen LogP contribution in [0.3, 0.4) is 0 Å². The standard InChI is InChI=1S/C12H6F2O.C4H9ClO/c13-8-2-4-11(10(14)6-8)15-12-5-7-1-3-9(7)12;1-4(6)2-3-5/h1-6H;4,6H,2-3H2,1H3. The number of alkyl halides is 1. The van der Waals surface area contributed by atoms with Crippen LogP contribution in [0.15, 0.2) is 36.4 Å². The van der Waals surface area contributed by atoms with Crippen molar-refractivity contribution in [2.75, 3.05) is 5.88 Å². The highest BCUT2D eigenvalue weighted by molar-refractivity contribution is 6.17. The fourth-order valence-corrected chi connectivity index (χ4v) is 1.99. The highest BCUT2D eigenvalue weighted by Crippen LogP contribution is 2.30. The molecule has 0 fully saturated rings. The molecule has 1 atom stereocenters. The normalized spacial score (nSPS) is 12.2. The van der Waals surface area contributed by atoms with E-state index in [1.807, 2.05) is 18.2 Å². The lowest BCUT2D eigenvalue weighted by Gasteiger charge is -2.12. The summed E-state index contributed by atoms with van der Waals surface area (Å²) in [5, 5.41) is 10.6. The maximum atomic E-state index is 13.2. The predicted octanol–water partition coefficient (Wildman–Crippen LogP) is 4.35. The van der Waals surface area contributed by atoms with Gasteiger partial charge in [-0.25, -0.2) is 8.78 Å². The Labute approximate surface area is 126 Å². The molecule has 0 amide bonds. The quantitative estimate of drug-likeness (QED) is 0.726.